The number of nitriles is 1. The topological polar surface area (TPSA) is 98.0 Å². The number of urea groups is 1. The van der Waals surface area contributed by atoms with Crippen LogP contribution < -0.4 is 10.6 Å². The molecule has 154 valence electrons. The standard InChI is InChI=1S/C24H20N4O2S/c1-2-22-27-21(14-31-22)28-23(30)26-20(13-29)18-9-8-17(16-6-4-3-5-7-16)12-19(18)24(15-25)10-11-24/h1,3-9,12,14,20,29H,10-11,13H2,(H2,26,28,30). The third-order valence-electron chi connectivity index (χ3n) is 5.37. The van der Waals surface area contributed by atoms with Crippen molar-refractivity contribution in [3.05, 3.63) is 70.0 Å². The molecule has 1 aliphatic carbocycles. The first kappa shape index (κ1) is 20.6. The molecule has 31 heavy (non-hydrogen) atoms. The first-order valence-electron chi connectivity index (χ1n) is 9.80. The van der Waals surface area contributed by atoms with E-state index in [-0.39, 0.29) is 6.61 Å². The lowest BCUT2D eigenvalue weighted by molar-refractivity contribution is 0.225. The second-order valence-electron chi connectivity index (χ2n) is 7.38. The van der Waals surface area contributed by atoms with Crippen molar-refractivity contribution in [3.63, 3.8) is 0 Å². The molecule has 0 spiro atoms. The maximum atomic E-state index is 12.5. The van der Waals surface area contributed by atoms with Gasteiger partial charge in [0.05, 0.1) is 24.1 Å². The highest BCUT2D eigenvalue weighted by molar-refractivity contribution is 7.10. The minimum atomic E-state index is -0.670. The lowest BCUT2D eigenvalue weighted by Gasteiger charge is -2.23. The van der Waals surface area contributed by atoms with Gasteiger partial charge in [-0.2, -0.15) is 5.26 Å². The van der Waals surface area contributed by atoms with Crippen LogP contribution in [0.5, 0.6) is 0 Å². The number of amides is 2. The third-order valence-corrected chi connectivity index (χ3v) is 6.15. The van der Waals surface area contributed by atoms with E-state index in [1.165, 1.54) is 11.3 Å². The highest BCUT2D eigenvalue weighted by Gasteiger charge is 2.47. The van der Waals surface area contributed by atoms with Crippen molar-refractivity contribution in [1.29, 1.82) is 5.26 Å². The lowest BCUT2D eigenvalue weighted by Crippen LogP contribution is -2.35. The Bertz CT molecular complexity index is 1190. The molecule has 0 aliphatic heterocycles. The summed E-state index contributed by atoms with van der Waals surface area (Å²) in [6, 6.07) is 17.0. The molecule has 1 heterocycles. The van der Waals surface area contributed by atoms with E-state index in [9.17, 15) is 15.2 Å². The van der Waals surface area contributed by atoms with Gasteiger partial charge in [0.25, 0.3) is 0 Å². The van der Waals surface area contributed by atoms with Crippen molar-refractivity contribution in [3.8, 4) is 29.5 Å². The Hall–Kier alpha value is -3.65. The van der Waals surface area contributed by atoms with Crippen molar-refractivity contribution in [2.75, 3.05) is 11.9 Å². The number of aliphatic hydroxyl groups excluding tert-OH is 1. The number of aliphatic hydroxyl groups is 1. The average molecular weight is 429 g/mol. The van der Waals surface area contributed by atoms with Gasteiger partial charge in [0.1, 0.15) is 5.82 Å². The monoisotopic (exact) mass is 428 g/mol. The Labute approximate surface area is 184 Å². The number of benzene rings is 2. The third kappa shape index (κ3) is 4.29. The number of nitrogens with one attached hydrogen (secondary N) is 2. The minimum Gasteiger partial charge on any atom is -0.394 e. The van der Waals surface area contributed by atoms with Gasteiger partial charge in [-0.15, -0.1) is 17.8 Å². The molecule has 2 amide bonds. The Kier molecular flexibility index (Phi) is 5.73. The molecular weight excluding hydrogens is 408 g/mol. The number of carbonyl (C=O) groups is 1. The molecule has 1 unspecified atom stereocenters. The van der Waals surface area contributed by atoms with Crippen molar-refractivity contribution in [2.45, 2.75) is 24.3 Å². The normalized spacial score (nSPS) is 14.7. The van der Waals surface area contributed by atoms with Crippen molar-refractivity contribution in [2.24, 2.45) is 0 Å². The number of nitrogens with zero attached hydrogens (tertiary/aromatic N) is 2. The molecule has 4 rings (SSSR count). The number of carbonyl (C=O) groups excluding carboxylic acids is 1. The van der Waals surface area contributed by atoms with Crippen molar-refractivity contribution < 1.29 is 9.90 Å². The zero-order valence-electron chi connectivity index (χ0n) is 16.6. The summed E-state index contributed by atoms with van der Waals surface area (Å²) in [4.78, 5) is 16.6. The molecule has 3 N–H and O–H groups in total. The summed E-state index contributed by atoms with van der Waals surface area (Å²) < 4.78 is 0. The summed E-state index contributed by atoms with van der Waals surface area (Å²) in [5.74, 6) is 2.77. The first-order valence-corrected chi connectivity index (χ1v) is 10.7. The maximum absolute atomic E-state index is 12.5. The molecular formula is C24H20N4O2S. The van der Waals surface area contributed by atoms with Crippen molar-refractivity contribution in [1.82, 2.24) is 10.3 Å². The molecule has 1 aromatic heterocycles. The van der Waals surface area contributed by atoms with Gasteiger partial charge in [0, 0.05) is 5.38 Å². The second-order valence-corrected chi connectivity index (χ2v) is 8.24. The van der Waals surface area contributed by atoms with Crippen LogP contribution in [-0.4, -0.2) is 22.7 Å². The lowest BCUT2D eigenvalue weighted by atomic mass is 9.86. The van der Waals surface area contributed by atoms with Gasteiger partial charge in [-0.25, -0.2) is 9.78 Å². The number of thiazole rings is 1. The number of hydrogen-bond acceptors (Lipinski definition) is 5. The Balaban J connectivity index is 1.62. The number of rotatable bonds is 6. The van der Waals surface area contributed by atoms with E-state index in [1.807, 2.05) is 48.5 Å². The van der Waals surface area contributed by atoms with Crippen LogP contribution >= 0.6 is 11.3 Å². The van der Waals surface area contributed by atoms with E-state index in [2.05, 4.69) is 27.6 Å². The highest BCUT2D eigenvalue weighted by Crippen LogP contribution is 2.50. The highest BCUT2D eigenvalue weighted by atomic mass is 32.1. The number of anilines is 1. The molecule has 1 fully saturated rings. The summed E-state index contributed by atoms with van der Waals surface area (Å²) in [7, 11) is 0. The minimum absolute atomic E-state index is 0.306. The van der Waals surface area contributed by atoms with Crippen LogP contribution in [0.2, 0.25) is 0 Å². The van der Waals surface area contributed by atoms with Gasteiger partial charge in [-0.3, -0.25) is 5.32 Å². The zero-order chi connectivity index (χ0) is 21.8. The molecule has 0 saturated heterocycles. The second kappa shape index (κ2) is 8.61. The van der Waals surface area contributed by atoms with Gasteiger partial charge < -0.3 is 10.4 Å². The summed E-state index contributed by atoms with van der Waals surface area (Å²) in [5.41, 5.74) is 3.04. The molecule has 6 nitrogen and oxygen atoms in total. The molecule has 0 radical (unpaired) electrons. The van der Waals surface area contributed by atoms with E-state index in [1.54, 1.807) is 5.38 Å². The Morgan fingerprint density at radius 2 is 2.03 bits per heavy atom. The van der Waals surface area contributed by atoms with E-state index in [4.69, 9.17) is 6.42 Å². The SMILES string of the molecule is C#Cc1nc(NC(=O)NC(CO)c2ccc(-c3ccccc3)cc2C2(C#N)CC2)cs1. The average Bonchev–Trinajstić information content (AvgIpc) is 3.49. The van der Waals surface area contributed by atoms with Gasteiger partial charge >= 0.3 is 6.03 Å². The number of hydrogen-bond donors (Lipinski definition) is 3. The molecule has 2 aromatic carbocycles. The Morgan fingerprint density at radius 3 is 2.65 bits per heavy atom. The van der Waals surface area contributed by atoms with Crippen LogP contribution in [-0.2, 0) is 5.41 Å². The van der Waals surface area contributed by atoms with Gasteiger partial charge in [-0.05, 0) is 47.1 Å². The maximum Gasteiger partial charge on any atom is 0.320 e. The van der Waals surface area contributed by atoms with E-state index in [0.29, 0.717) is 10.8 Å². The fourth-order valence-electron chi connectivity index (χ4n) is 3.58. The quantitative estimate of drug-likeness (QED) is 0.513. The molecule has 0 bridgehead atoms. The summed E-state index contributed by atoms with van der Waals surface area (Å²) in [5, 5.41) is 27.4. The van der Waals surface area contributed by atoms with Crippen LogP contribution in [0, 0.1) is 23.7 Å². The summed E-state index contributed by atoms with van der Waals surface area (Å²) in [6.07, 6.45) is 6.83. The van der Waals surface area contributed by atoms with Crippen LogP contribution in [0.15, 0.2) is 53.9 Å². The van der Waals surface area contributed by atoms with E-state index >= 15 is 0 Å². The Morgan fingerprint density at radius 1 is 1.26 bits per heavy atom. The van der Waals surface area contributed by atoms with Crippen LogP contribution in [0.3, 0.4) is 0 Å². The fraction of sp³-hybridized carbons (Fsp3) is 0.208. The first-order chi connectivity index (χ1) is 15.1. The summed E-state index contributed by atoms with van der Waals surface area (Å²) in [6.45, 7) is -0.306. The van der Waals surface area contributed by atoms with Crippen LogP contribution in [0.1, 0.15) is 35.0 Å². The van der Waals surface area contributed by atoms with Crippen LogP contribution in [0.25, 0.3) is 11.1 Å². The van der Waals surface area contributed by atoms with Gasteiger partial charge in [-0.1, -0.05) is 42.5 Å². The molecule has 1 atom stereocenters. The molecule has 1 saturated carbocycles. The van der Waals surface area contributed by atoms with E-state index < -0.39 is 17.5 Å². The largest absolute Gasteiger partial charge is 0.394 e. The fourth-order valence-corrected chi connectivity index (χ4v) is 4.13. The predicted molar refractivity (Wildman–Crippen MR) is 120 cm³/mol. The zero-order valence-corrected chi connectivity index (χ0v) is 17.4. The predicted octanol–water partition coefficient (Wildman–Crippen LogP) is 4.20. The smallest absolute Gasteiger partial charge is 0.320 e. The summed E-state index contributed by atoms with van der Waals surface area (Å²) >= 11 is 1.25. The number of terminal acetylenes is 1. The number of aromatic nitrogens is 1. The molecule has 7 heteroatoms. The van der Waals surface area contributed by atoms with E-state index in [0.717, 1.165) is 35.1 Å². The van der Waals surface area contributed by atoms with Gasteiger partial charge in [0.15, 0.2) is 5.01 Å². The van der Waals surface area contributed by atoms with Gasteiger partial charge in [0.2, 0.25) is 0 Å². The molecule has 3 aromatic rings. The van der Waals surface area contributed by atoms with Crippen LogP contribution in [0.4, 0.5) is 10.6 Å². The van der Waals surface area contributed by atoms with Crippen molar-refractivity contribution >= 4 is 23.2 Å². The molecule has 1 aliphatic rings.